The van der Waals surface area contributed by atoms with Crippen molar-refractivity contribution in [2.24, 2.45) is 5.10 Å². The number of aromatic nitrogens is 1. The fourth-order valence-corrected chi connectivity index (χ4v) is 3.36. The molecular formula is C22H25N3O4. The van der Waals surface area contributed by atoms with E-state index in [0.29, 0.717) is 18.0 Å². The minimum absolute atomic E-state index is 0.00641. The van der Waals surface area contributed by atoms with Crippen LogP contribution in [0.4, 0.5) is 0 Å². The third kappa shape index (κ3) is 4.57. The molecule has 3 rings (SSSR count). The Morgan fingerprint density at radius 2 is 2.00 bits per heavy atom. The van der Waals surface area contributed by atoms with Crippen molar-refractivity contribution in [2.45, 2.75) is 26.5 Å². The molecule has 0 radical (unpaired) electrons. The lowest BCUT2D eigenvalue weighted by Gasteiger charge is -2.07. The van der Waals surface area contributed by atoms with Gasteiger partial charge in [-0.25, -0.2) is 5.43 Å². The Balaban J connectivity index is 1.61. The fraction of sp³-hybridized carbons (Fsp3) is 0.273. The lowest BCUT2D eigenvalue weighted by atomic mass is 10.1. The van der Waals surface area contributed by atoms with Gasteiger partial charge in [-0.1, -0.05) is 12.1 Å². The van der Waals surface area contributed by atoms with Gasteiger partial charge in [-0.15, -0.1) is 0 Å². The summed E-state index contributed by atoms with van der Waals surface area (Å²) < 4.78 is 12.5. The summed E-state index contributed by atoms with van der Waals surface area (Å²) in [4.78, 5) is 12.2. The minimum atomic E-state index is -0.181. The van der Waals surface area contributed by atoms with Crippen LogP contribution in [0.1, 0.15) is 23.1 Å². The Morgan fingerprint density at radius 1 is 1.21 bits per heavy atom. The van der Waals surface area contributed by atoms with Crippen LogP contribution in [0.15, 0.2) is 47.7 Å². The molecule has 1 heterocycles. The predicted molar refractivity (Wildman–Crippen MR) is 112 cm³/mol. The number of benzene rings is 2. The number of fused-ring (bicyclic) bond motifs is 1. The fourth-order valence-electron chi connectivity index (χ4n) is 3.36. The molecule has 0 fully saturated rings. The van der Waals surface area contributed by atoms with Crippen LogP contribution >= 0.6 is 0 Å². The van der Waals surface area contributed by atoms with Crippen LogP contribution in [0, 0.1) is 6.92 Å². The predicted octanol–water partition coefficient (Wildman–Crippen LogP) is 3.00. The second kappa shape index (κ2) is 9.25. The van der Waals surface area contributed by atoms with Crippen LogP contribution < -0.4 is 14.9 Å². The summed E-state index contributed by atoms with van der Waals surface area (Å²) >= 11 is 0. The summed E-state index contributed by atoms with van der Waals surface area (Å²) in [5, 5.41) is 14.6. The average molecular weight is 395 g/mol. The van der Waals surface area contributed by atoms with Crippen molar-refractivity contribution in [2.75, 3.05) is 14.2 Å². The number of aryl methyl sites for hydroxylation is 2. The highest BCUT2D eigenvalue weighted by Gasteiger charge is 2.10. The van der Waals surface area contributed by atoms with Gasteiger partial charge < -0.3 is 19.1 Å². The van der Waals surface area contributed by atoms with Crippen LogP contribution in [0.5, 0.6) is 11.5 Å². The first-order chi connectivity index (χ1) is 14.1. The Bertz CT molecular complexity index is 1040. The number of amides is 1. The molecule has 2 aromatic carbocycles. The van der Waals surface area contributed by atoms with Crippen LogP contribution in [0.3, 0.4) is 0 Å². The maximum Gasteiger partial charge on any atom is 0.241 e. The quantitative estimate of drug-likeness (QED) is 0.454. The van der Waals surface area contributed by atoms with E-state index >= 15 is 0 Å². The van der Waals surface area contributed by atoms with Crippen LogP contribution in [0.2, 0.25) is 0 Å². The third-order valence-electron chi connectivity index (χ3n) is 4.74. The number of aliphatic hydroxyl groups is 1. The Kier molecular flexibility index (Phi) is 6.51. The third-order valence-corrected chi connectivity index (χ3v) is 4.74. The molecule has 0 bridgehead atoms. The molecule has 1 amide bonds. The van der Waals surface area contributed by atoms with Crippen LogP contribution in [-0.2, 0) is 17.9 Å². The first-order valence-corrected chi connectivity index (χ1v) is 9.29. The zero-order valence-electron chi connectivity index (χ0n) is 16.8. The Hall–Kier alpha value is -3.32. The van der Waals surface area contributed by atoms with Crippen molar-refractivity contribution in [1.82, 2.24) is 9.99 Å². The first-order valence-electron chi connectivity index (χ1n) is 9.29. The molecule has 2 N–H and O–H groups in total. The SMILES string of the molecule is COc1ccc(/C=N\NC(=O)CCn2cc(C)c3c(CO)cccc32)cc1OC. The number of nitrogens with one attached hydrogen (secondary N) is 1. The van der Waals surface area contributed by atoms with E-state index < -0.39 is 0 Å². The van der Waals surface area contributed by atoms with E-state index in [0.717, 1.165) is 27.6 Å². The highest BCUT2D eigenvalue weighted by Crippen LogP contribution is 2.27. The summed E-state index contributed by atoms with van der Waals surface area (Å²) in [6, 6.07) is 11.2. The molecule has 0 aliphatic heterocycles. The topological polar surface area (TPSA) is 85.1 Å². The summed E-state index contributed by atoms with van der Waals surface area (Å²) in [6.07, 6.45) is 3.85. The molecule has 0 spiro atoms. The lowest BCUT2D eigenvalue weighted by Crippen LogP contribution is -2.19. The number of methoxy groups -OCH3 is 2. The van der Waals surface area contributed by atoms with Gasteiger partial charge in [0.15, 0.2) is 11.5 Å². The van der Waals surface area contributed by atoms with E-state index in [1.165, 1.54) is 0 Å². The molecule has 7 heteroatoms. The summed E-state index contributed by atoms with van der Waals surface area (Å²) in [5.74, 6) is 1.05. The summed E-state index contributed by atoms with van der Waals surface area (Å²) in [5.41, 5.74) is 6.32. The second-order valence-electron chi connectivity index (χ2n) is 6.63. The minimum Gasteiger partial charge on any atom is -0.493 e. The van der Waals surface area contributed by atoms with Crippen molar-refractivity contribution < 1.29 is 19.4 Å². The highest BCUT2D eigenvalue weighted by atomic mass is 16.5. The lowest BCUT2D eigenvalue weighted by molar-refractivity contribution is -0.121. The zero-order chi connectivity index (χ0) is 20.8. The molecular weight excluding hydrogens is 370 g/mol. The average Bonchev–Trinajstić information content (AvgIpc) is 3.08. The van der Waals surface area contributed by atoms with Crippen molar-refractivity contribution >= 4 is 23.0 Å². The molecule has 0 atom stereocenters. The molecule has 3 aromatic rings. The molecule has 7 nitrogen and oxygen atoms in total. The first kappa shape index (κ1) is 20.4. The smallest absolute Gasteiger partial charge is 0.241 e. The van der Waals surface area contributed by atoms with Gasteiger partial charge >= 0.3 is 0 Å². The van der Waals surface area contributed by atoms with Crippen LogP contribution in [0.25, 0.3) is 10.9 Å². The van der Waals surface area contributed by atoms with Crippen molar-refractivity contribution in [3.05, 3.63) is 59.3 Å². The van der Waals surface area contributed by atoms with Gasteiger partial charge in [0, 0.05) is 30.1 Å². The van der Waals surface area contributed by atoms with Gasteiger partial charge in [-0.3, -0.25) is 4.79 Å². The van der Waals surface area contributed by atoms with E-state index in [2.05, 4.69) is 10.5 Å². The van der Waals surface area contributed by atoms with E-state index in [4.69, 9.17) is 9.47 Å². The molecule has 0 saturated carbocycles. The number of carbonyl (C=O) groups is 1. The maximum atomic E-state index is 12.2. The molecule has 0 aliphatic carbocycles. The Morgan fingerprint density at radius 3 is 2.72 bits per heavy atom. The standard InChI is InChI=1S/C22H25N3O4/c1-15-13-25(18-6-4-5-17(14-26)22(15)18)10-9-21(27)24-23-12-16-7-8-19(28-2)20(11-16)29-3/h4-8,11-13,26H,9-10,14H2,1-3H3,(H,24,27)/b23-12-. The molecule has 0 saturated heterocycles. The van der Waals surface area contributed by atoms with E-state index in [9.17, 15) is 9.90 Å². The number of carbonyl (C=O) groups excluding carboxylic acids is 1. The monoisotopic (exact) mass is 395 g/mol. The van der Waals surface area contributed by atoms with Gasteiger partial charge in [0.1, 0.15) is 0 Å². The molecule has 0 unspecified atom stereocenters. The van der Waals surface area contributed by atoms with E-state index in [-0.39, 0.29) is 18.9 Å². The van der Waals surface area contributed by atoms with Crippen molar-refractivity contribution in [1.29, 1.82) is 0 Å². The number of hydrogen-bond acceptors (Lipinski definition) is 5. The number of rotatable bonds is 8. The molecule has 152 valence electrons. The van der Waals surface area contributed by atoms with Gasteiger partial charge in [-0.2, -0.15) is 5.10 Å². The summed E-state index contributed by atoms with van der Waals surface area (Å²) in [7, 11) is 3.14. The van der Waals surface area contributed by atoms with Gasteiger partial charge in [0.2, 0.25) is 5.91 Å². The van der Waals surface area contributed by atoms with E-state index in [1.54, 1.807) is 32.6 Å². The second-order valence-corrected chi connectivity index (χ2v) is 6.63. The molecule has 29 heavy (non-hydrogen) atoms. The molecule has 1 aromatic heterocycles. The van der Waals surface area contributed by atoms with Crippen LogP contribution in [-0.4, -0.2) is 36.0 Å². The van der Waals surface area contributed by atoms with Gasteiger partial charge in [0.25, 0.3) is 0 Å². The van der Waals surface area contributed by atoms with Gasteiger partial charge in [0.05, 0.1) is 27.0 Å². The van der Waals surface area contributed by atoms with Crippen molar-refractivity contribution in [3.8, 4) is 11.5 Å². The van der Waals surface area contributed by atoms with Crippen molar-refractivity contribution in [3.63, 3.8) is 0 Å². The number of ether oxygens (including phenoxy) is 2. The highest BCUT2D eigenvalue weighted by molar-refractivity contribution is 5.87. The number of hydrogen-bond donors (Lipinski definition) is 2. The largest absolute Gasteiger partial charge is 0.493 e. The normalized spacial score (nSPS) is 11.2. The number of aliphatic hydroxyl groups excluding tert-OH is 1. The number of hydrazone groups is 1. The zero-order valence-corrected chi connectivity index (χ0v) is 16.8. The van der Waals surface area contributed by atoms with E-state index in [1.807, 2.05) is 42.0 Å². The summed E-state index contributed by atoms with van der Waals surface area (Å²) in [6.45, 7) is 2.52. The van der Waals surface area contributed by atoms with Gasteiger partial charge in [-0.05, 0) is 47.9 Å². The Labute approximate surface area is 169 Å². The number of nitrogens with zero attached hydrogens (tertiary/aromatic N) is 2. The molecule has 0 aliphatic rings. The maximum absolute atomic E-state index is 12.2.